The smallest absolute Gasteiger partial charge is 0.255 e. The van der Waals surface area contributed by atoms with E-state index in [1.54, 1.807) is 0 Å². The summed E-state index contributed by atoms with van der Waals surface area (Å²) >= 11 is 0. The van der Waals surface area contributed by atoms with Crippen LogP contribution in [0.1, 0.15) is 41.4 Å². The monoisotopic (exact) mass is 337 g/mol. The number of carbonyl (C=O) groups is 2. The van der Waals surface area contributed by atoms with E-state index in [9.17, 15) is 9.59 Å². The molecular formula is C20H23N3O2. The van der Waals surface area contributed by atoms with E-state index in [-0.39, 0.29) is 23.8 Å². The highest BCUT2D eigenvalue weighted by atomic mass is 16.2. The second-order valence-corrected chi connectivity index (χ2v) is 6.99. The Hall–Kier alpha value is -2.43. The molecule has 2 saturated heterocycles. The topological polar surface area (TPSA) is 62.3 Å². The first kappa shape index (κ1) is 16.1. The minimum absolute atomic E-state index is 0.0230. The van der Waals surface area contributed by atoms with E-state index in [0.29, 0.717) is 13.1 Å². The van der Waals surface area contributed by atoms with Gasteiger partial charge in [0.15, 0.2) is 0 Å². The zero-order valence-electron chi connectivity index (χ0n) is 14.7. The van der Waals surface area contributed by atoms with Crippen molar-refractivity contribution in [2.24, 2.45) is 5.92 Å². The van der Waals surface area contributed by atoms with Gasteiger partial charge in [0, 0.05) is 24.2 Å². The molecule has 1 aromatic carbocycles. The Bertz CT molecular complexity index is 861. The highest BCUT2D eigenvalue weighted by molar-refractivity contribution is 6.08. The number of amides is 2. The van der Waals surface area contributed by atoms with Crippen LogP contribution in [0.25, 0.3) is 10.9 Å². The van der Waals surface area contributed by atoms with Gasteiger partial charge in [-0.15, -0.1) is 0 Å². The number of para-hydroxylation sites is 1. The van der Waals surface area contributed by atoms with Gasteiger partial charge >= 0.3 is 0 Å². The predicted octanol–water partition coefficient (Wildman–Crippen LogP) is 2.46. The zero-order chi connectivity index (χ0) is 17.6. The highest BCUT2D eigenvalue weighted by Crippen LogP contribution is 2.31. The molecule has 0 saturated carbocycles. The van der Waals surface area contributed by atoms with Gasteiger partial charge in [-0.05, 0) is 37.8 Å². The molecule has 1 aromatic heterocycles. The number of piperidine rings is 1. The van der Waals surface area contributed by atoms with Gasteiger partial charge in [0.25, 0.3) is 5.91 Å². The average molecular weight is 337 g/mol. The lowest BCUT2D eigenvalue weighted by atomic mass is 9.90. The number of carbonyl (C=O) groups excluding carboxylic acids is 2. The normalized spacial score (nSPS) is 22.8. The van der Waals surface area contributed by atoms with Gasteiger partial charge in [-0.25, -0.2) is 0 Å². The predicted molar refractivity (Wildman–Crippen MR) is 96.4 cm³/mol. The van der Waals surface area contributed by atoms with Crippen LogP contribution in [-0.4, -0.2) is 40.8 Å². The van der Waals surface area contributed by atoms with E-state index >= 15 is 0 Å². The third kappa shape index (κ3) is 2.49. The Kier molecular flexibility index (Phi) is 3.94. The molecule has 2 fully saturated rings. The van der Waals surface area contributed by atoms with Crippen LogP contribution in [0.2, 0.25) is 0 Å². The first-order valence-electron chi connectivity index (χ1n) is 9.08. The minimum atomic E-state index is -0.0586. The lowest BCUT2D eigenvalue weighted by Crippen LogP contribution is -2.49. The average Bonchev–Trinajstić information content (AvgIpc) is 3.02. The third-order valence-electron chi connectivity index (χ3n) is 5.65. The first-order chi connectivity index (χ1) is 12.1. The Morgan fingerprint density at radius 3 is 2.96 bits per heavy atom. The maximum atomic E-state index is 13.5. The fourth-order valence-electron chi connectivity index (χ4n) is 4.33. The zero-order valence-corrected chi connectivity index (χ0v) is 14.7. The molecule has 2 aromatic rings. The molecule has 4 rings (SSSR count). The highest BCUT2D eigenvalue weighted by Gasteiger charge is 2.43. The van der Waals surface area contributed by atoms with Crippen molar-refractivity contribution in [3.05, 3.63) is 41.1 Å². The summed E-state index contributed by atoms with van der Waals surface area (Å²) in [6, 6.07) is 7.82. The largest absolute Gasteiger partial charge is 0.354 e. The van der Waals surface area contributed by atoms with E-state index in [4.69, 9.17) is 4.98 Å². The number of aryl methyl sites for hydroxylation is 1. The van der Waals surface area contributed by atoms with Gasteiger partial charge in [0.2, 0.25) is 5.91 Å². The molecule has 2 amide bonds. The van der Waals surface area contributed by atoms with Gasteiger partial charge in [-0.2, -0.15) is 0 Å². The molecule has 0 aliphatic carbocycles. The second-order valence-electron chi connectivity index (χ2n) is 6.99. The molecule has 2 aliphatic rings. The molecule has 130 valence electrons. The van der Waals surface area contributed by atoms with Crippen LogP contribution in [0, 0.1) is 12.8 Å². The van der Waals surface area contributed by atoms with Crippen molar-refractivity contribution in [1.29, 1.82) is 0 Å². The van der Waals surface area contributed by atoms with Crippen molar-refractivity contribution in [2.75, 3.05) is 13.1 Å². The molecule has 0 radical (unpaired) electrons. The Morgan fingerprint density at radius 2 is 2.16 bits per heavy atom. The van der Waals surface area contributed by atoms with Gasteiger partial charge in [-0.3, -0.25) is 14.6 Å². The molecule has 25 heavy (non-hydrogen) atoms. The van der Waals surface area contributed by atoms with Crippen LogP contribution in [0.4, 0.5) is 0 Å². The number of nitrogens with one attached hydrogen (secondary N) is 1. The number of fused-ring (bicyclic) bond motifs is 2. The first-order valence-corrected chi connectivity index (χ1v) is 9.08. The number of hydrogen-bond acceptors (Lipinski definition) is 3. The van der Waals surface area contributed by atoms with E-state index in [2.05, 4.69) is 12.2 Å². The van der Waals surface area contributed by atoms with Crippen LogP contribution < -0.4 is 5.32 Å². The number of pyridine rings is 1. The molecule has 3 heterocycles. The summed E-state index contributed by atoms with van der Waals surface area (Å²) in [6.45, 7) is 5.34. The summed E-state index contributed by atoms with van der Waals surface area (Å²) in [6.07, 6.45) is 2.54. The Morgan fingerprint density at radius 1 is 1.36 bits per heavy atom. The fraction of sp³-hybridized carbons (Fsp3) is 0.450. The van der Waals surface area contributed by atoms with E-state index < -0.39 is 0 Å². The van der Waals surface area contributed by atoms with Crippen molar-refractivity contribution in [2.45, 2.75) is 39.2 Å². The molecule has 5 nitrogen and oxygen atoms in total. The van der Waals surface area contributed by atoms with Crippen molar-refractivity contribution in [3.63, 3.8) is 0 Å². The molecular weight excluding hydrogens is 314 g/mol. The van der Waals surface area contributed by atoms with Crippen molar-refractivity contribution in [3.8, 4) is 0 Å². The maximum absolute atomic E-state index is 13.5. The maximum Gasteiger partial charge on any atom is 0.255 e. The number of rotatable bonds is 2. The summed E-state index contributed by atoms with van der Waals surface area (Å²) in [5, 5.41) is 3.83. The number of benzene rings is 1. The van der Waals surface area contributed by atoms with Crippen molar-refractivity contribution in [1.82, 2.24) is 15.2 Å². The minimum Gasteiger partial charge on any atom is -0.354 e. The third-order valence-corrected chi connectivity index (χ3v) is 5.65. The summed E-state index contributed by atoms with van der Waals surface area (Å²) in [5.74, 6) is 0.0711. The van der Waals surface area contributed by atoms with Gasteiger partial charge in [-0.1, -0.05) is 25.1 Å². The Balaban J connectivity index is 1.82. The quantitative estimate of drug-likeness (QED) is 0.916. The molecule has 2 aliphatic heterocycles. The van der Waals surface area contributed by atoms with Gasteiger partial charge < -0.3 is 10.2 Å². The number of likely N-dealkylation sites (tertiary alicyclic amines) is 1. The number of hydrogen-bond donors (Lipinski definition) is 1. The van der Waals surface area contributed by atoms with Crippen molar-refractivity contribution < 1.29 is 9.59 Å². The van der Waals surface area contributed by atoms with Crippen LogP contribution in [0.15, 0.2) is 24.3 Å². The van der Waals surface area contributed by atoms with Crippen molar-refractivity contribution >= 4 is 22.7 Å². The van der Waals surface area contributed by atoms with Crippen LogP contribution in [0.3, 0.4) is 0 Å². The van der Waals surface area contributed by atoms with Gasteiger partial charge in [0.1, 0.15) is 0 Å². The molecule has 0 bridgehead atoms. The second kappa shape index (κ2) is 6.14. The SMILES string of the molecule is CCc1nc2ccccc2c(C(=O)N2CCC[C@H]3C(=O)NC[C@H]32)c1C. The van der Waals surface area contributed by atoms with Gasteiger partial charge in [0.05, 0.1) is 23.0 Å². The summed E-state index contributed by atoms with van der Waals surface area (Å²) in [5.41, 5.74) is 3.55. The standard InChI is InChI=1S/C20H23N3O2/c1-3-15-12(2)18(13-7-4-5-9-16(13)22-15)20(25)23-10-6-8-14-17(23)11-21-19(14)24/h4-5,7,9,14,17H,3,6,8,10-11H2,1-2H3,(H,21,24)/t14-,17-/m1/s1. The lowest BCUT2D eigenvalue weighted by molar-refractivity contribution is -0.123. The van der Waals surface area contributed by atoms with E-state index in [0.717, 1.165) is 47.0 Å². The summed E-state index contributed by atoms with van der Waals surface area (Å²) in [4.78, 5) is 32.2. The number of nitrogens with zero attached hydrogens (tertiary/aromatic N) is 2. The van der Waals surface area contributed by atoms with Crippen LogP contribution in [-0.2, 0) is 11.2 Å². The van der Waals surface area contributed by atoms with E-state index in [1.165, 1.54) is 0 Å². The molecule has 1 N–H and O–H groups in total. The lowest BCUT2D eigenvalue weighted by Gasteiger charge is -2.36. The molecule has 0 unspecified atom stereocenters. The fourth-order valence-corrected chi connectivity index (χ4v) is 4.33. The molecule has 0 spiro atoms. The summed E-state index contributed by atoms with van der Waals surface area (Å²) in [7, 11) is 0. The Labute approximate surface area is 147 Å². The van der Waals surface area contributed by atoms with Crippen LogP contribution >= 0.6 is 0 Å². The summed E-state index contributed by atoms with van der Waals surface area (Å²) < 4.78 is 0. The molecule has 5 heteroatoms. The van der Waals surface area contributed by atoms with E-state index in [1.807, 2.05) is 36.1 Å². The number of aromatic nitrogens is 1. The molecule has 2 atom stereocenters. The van der Waals surface area contributed by atoms with Crippen LogP contribution in [0.5, 0.6) is 0 Å².